The SMILES string of the molecule is O=C1C2=C(CCN(Cc3ccccc3)C2)N2CCN=C2N1CC1CCNCC1. The van der Waals surface area contributed by atoms with Gasteiger partial charge >= 0.3 is 0 Å². The molecule has 0 spiro atoms. The molecule has 1 saturated heterocycles. The van der Waals surface area contributed by atoms with Crippen LogP contribution in [0.1, 0.15) is 24.8 Å². The largest absolute Gasteiger partial charge is 0.317 e. The average Bonchev–Trinajstić information content (AvgIpc) is 3.22. The number of aliphatic imine (C=N–C) groups is 1. The highest BCUT2D eigenvalue weighted by Gasteiger charge is 2.41. The van der Waals surface area contributed by atoms with Crippen molar-refractivity contribution in [3.05, 3.63) is 47.2 Å². The second-order valence-electron chi connectivity index (χ2n) is 8.31. The van der Waals surface area contributed by atoms with Crippen LogP contribution in [0.15, 0.2) is 46.6 Å². The van der Waals surface area contributed by atoms with E-state index in [1.165, 1.54) is 11.3 Å². The molecule has 4 aliphatic heterocycles. The van der Waals surface area contributed by atoms with Gasteiger partial charge in [-0.2, -0.15) is 0 Å². The van der Waals surface area contributed by atoms with Crippen molar-refractivity contribution in [2.45, 2.75) is 25.8 Å². The Labute approximate surface area is 166 Å². The highest BCUT2D eigenvalue weighted by atomic mass is 16.2. The molecule has 148 valence electrons. The maximum Gasteiger partial charge on any atom is 0.259 e. The monoisotopic (exact) mass is 379 g/mol. The molecule has 0 bridgehead atoms. The number of hydrogen-bond acceptors (Lipinski definition) is 5. The van der Waals surface area contributed by atoms with E-state index in [9.17, 15) is 4.79 Å². The van der Waals surface area contributed by atoms with Crippen LogP contribution in [0.3, 0.4) is 0 Å². The topological polar surface area (TPSA) is 51.2 Å². The van der Waals surface area contributed by atoms with E-state index in [1.54, 1.807) is 0 Å². The van der Waals surface area contributed by atoms with Crippen molar-refractivity contribution in [3.8, 4) is 0 Å². The molecule has 1 N–H and O–H groups in total. The Kier molecular flexibility index (Phi) is 4.91. The summed E-state index contributed by atoms with van der Waals surface area (Å²) >= 11 is 0. The third-order valence-corrected chi connectivity index (χ3v) is 6.43. The highest BCUT2D eigenvalue weighted by Crippen LogP contribution is 2.32. The molecule has 0 unspecified atom stereocenters. The lowest BCUT2D eigenvalue weighted by atomic mass is 9.95. The van der Waals surface area contributed by atoms with Crippen LogP contribution in [0.2, 0.25) is 0 Å². The molecule has 28 heavy (non-hydrogen) atoms. The highest BCUT2D eigenvalue weighted by molar-refractivity contribution is 6.09. The van der Waals surface area contributed by atoms with Crippen molar-refractivity contribution in [2.75, 3.05) is 45.8 Å². The number of carbonyl (C=O) groups is 1. The Hall–Kier alpha value is -2.18. The number of piperidine rings is 1. The number of fused-ring (bicyclic) bond motifs is 2. The van der Waals surface area contributed by atoms with E-state index in [0.29, 0.717) is 5.92 Å². The van der Waals surface area contributed by atoms with Crippen LogP contribution in [0.5, 0.6) is 0 Å². The minimum absolute atomic E-state index is 0.197. The molecular weight excluding hydrogens is 350 g/mol. The van der Waals surface area contributed by atoms with Crippen LogP contribution >= 0.6 is 0 Å². The van der Waals surface area contributed by atoms with Crippen molar-refractivity contribution in [2.24, 2.45) is 10.9 Å². The van der Waals surface area contributed by atoms with E-state index in [4.69, 9.17) is 4.99 Å². The molecule has 6 nitrogen and oxygen atoms in total. The number of nitrogens with zero attached hydrogens (tertiary/aromatic N) is 4. The molecule has 1 amide bonds. The fourth-order valence-corrected chi connectivity index (χ4v) is 4.94. The summed E-state index contributed by atoms with van der Waals surface area (Å²) in [6.07, 6.45) is 3.22. The third kappa shape index (κ3) is 3.35. The second kappa shape index (κ2) is 7.68. The van der Waals surface area contributed by atoms with Gasteiger partial charge in [0.1, 0.15) is 0 Å². The number of benzene rings is 1. The Balaban J connectivity index is 1.36. The smallest absolute Gasteiger partial charge is 0.259 e. The van der Waals surface area contributed by atoms with Gasteiger partial charge in [-0.1, -0.05) is 30.3 Å². The summed E-state index contributed by atoms with van der Waals surface area (Å²) in [6.45, 7) is 7.29. The zero-order chi connectivity index (χ0) is 18.9. The standard InChI is InChI=1S/C22H29N5O/c28-21-19-16-25(14-17-4-2-1-3-5-17)12-8-20(19)26-13-11-24-22(26)27(21)15-18-6-9-23-10-7-18/h1-5,18,23H,6-16H2. The maximum absolute atomic E-state index is 13.5. The first-order valence-electron chi connectivity index (χ1n) is 10.6. The molecule has 0 saturated carbocycles. The van der Waals surface area contributed by atoms with Crippen LogP contribution in [0.25, 0.3) is 0 Å². The minimum atomic E-state index is 0.197. The number of rotatable bonds is 4. The molecule has 0 aliphatic carbocycles. The van der Waals surface area contributed by atoms with Gasteiger partial charge in [-0.05, 0) is 37.4 Å². The van der Waals surface area contributed by atoms with Gasteiger partial charge in [0.15, 0.2) is 0 Å². The van der Waals surface area contributed by atoms with Gasteiger partial charge in [0.2, 0.25) is 5.96 Å². The van der Waals surface area contributed by atoms with Gasteiger partial charge in [0.05, 0.1) is 12.1 Å². The normalized spacial score (nSPS) is 23.7. The summed E-state index contributed by atoms with van der Waals surface area (Å²) in [5, 5.41) is 3.42. The molecule has 1 aromatic carbocycles. The Morgan fingerprint density at radius 1 is 1.11 bits per heavy atom. The van der Waals surface area contributed by atoms with Crippen LogP contribution in [0.4, 0.5) is 0 Å². The van der Waals surface area contributed by atoms with Crippen LogP contribution in [-0.4, -0.2) is 72.4 Å². The Morgan fingerprint density at radius 3 is 2.75 bits per heavy atom. The van der Waals surface area contributed by atoms with E-state index in [0.717, 1.165) is 83.2 Å². The van der Waals surface area contributed by atoms with E-state index in [-0.39, 0.29) is 5.91 Å². The zero-order valence-electron chi connectivity index (χ0n) is 16.4. The summed E-state index contributed by atoms with van der Waals surface area (Å²) in [5.41, 5.74) is 3.54. The van der Waals surface area contributed by atoms with Crippen LogP contribution in [-0.2, 0) is 11.3 Å². The lowest BCUT2D eigenvalue weighted by Crippen LogP contribution is -2.55. The number of carbonyl (C=O) groups excluding carboxylic acids is 1. The second-order valence-corrected chi connectivity index (χ2v) is 8.31. The van der Waals surface area contributed by atoms with Gasteiger partial charge < -0.3 is 10.2 Å². The number of hydrogen-bond donors (Lipinski definition) is 1. The predicted molar refractivity (Wildman–Crippen MR) is 110 cm³/mol. The average molecular weight is 380 g/mol. The van der Waals surface area contributed by atoms with E-state index >= 15 is 0 Å². The first kappa shape index (κ1) is 17.9. The Morgan fingerprint density at radius 2 is 1.93 bits per heavy atom. The molecule has 0 atom stereocenters. The summed E-state index contributed by atoms with van der Waals surface area (Å²) in [5.74, 6) is 1.68. The third-order valence-electron chi connectivity index (χ3n) is 6.43. The summed E-state index contributed by atoms with van der Waals surface area (Å²) in [7, 11) is 0. The summed E-state index contributed by atoms with van der Waals surface area (Å²) in [4.78, 5) is 24.9. The first-order valence-corrected chi connectivity index (χ1v) is 10.6. The van der Waals surface area contributed by atoms with Gasteiger partial charge in [0, 0.05) is 44.8 Å². The first-order chi connectivity index (χ1) is 13.8. The molecule has 1 fully saturated rings. The molecule has 0 radical (unpaired) electrons. The number of amides is 1. The van der Waals surface area contributed by atoms with Gasteiger partial charge in [-0.25, -0.2) is 0 Å². The van der Waals surface area contributed by atoms with E-state index in [1.807, 2.05) is 4.90 Å². The number of nitrogens with one attached hydrogen (secondary N) is 1. The van der Waals surface area contributed by atoms with Crippen LogP contribution < -0.4 is 5.32 Å². The molecule has 4 heterocycles. The van der Waals surface area contributed by atoms with Crippen molar-refractivity contribution < 1.29 is 4.79 Å². The Bertz CT molecular complexity index is 796. The van der Waals surface area contributed by atoms with E-state index < -0.39 is 0 Å². The molecule has 6 heteroatoms. The molecule has 5 rings (SSSR count). The van der Waals surface area contributed by atoms with Gasteiger partial charge in [-0.3, -0.25) is 19.6 Å². The summed E-state index contributed by atoms with van der Waals surface area (Å²) in [6, 6.07) is 10.6. The van der Waals surface area contributed by atoms with Gasteiger partial charge in [-0.15, -0.1) is 0 Å². The van der Waals surface area contributed by atoms with Crippen LogP contribution in [0, 0.1) is 5.92 Å². The van der Waals surface area contributed by atoms with Crippen molar-refractivity contribution >= 4 is 11.9 Å². The minimum Gasteiger partial charge on any atom is -0.317 e. The molecule has 4 aliphatic rings. The fourth-order valence-electron chi connectivity index (χ4n) is 4.94. The van der Waals surface area contributed by atoms with E-state index in [2.05, 4.69) is 45.4 Å². The lowest BCUT2D eigenvalue weighted by molar-refractivity contribution is -0.125. The van der Waals surface area contributed by atoms with Crippen molar-refractivity contribution in [1.29, 1.82) is 0 Å². The predicted octanol–water partition coefficient (Wildman–Crippen LogP) is 1.66. The number of guanidine groups is 1. The molecule has 0 aromatic heterocycles. The molecular formula is C22H29N5O. The lowest BCUT2D eigenvalue weighted by Gasteiger charge is -2.43. The van der Waals surface area contributed by atoms with Gasteiger partial charge in [0.25, 0.3) is 5.91 Å². The zero-order valence-corrected chi connectivity index (χ0v) is 16.4. The molecule has 1 aromatic rings. The quantitative estimate of drug-likeness (QED) is 0.865. The van der Waals surface area contributed by atoms with Crippen molar-refractivity contribution in [1.82, 2.24) is 20.0 Å². The van der Waals surface area contributed by atoms with Crippen molar-refractivity contribution in [3.63, 3.8) is 0 Å². The summed E-state index contributed by atoms with van der Waals surface area (Å²) < 4.78 is 0. The fraction of sp³-hybridized carbons (Fsp3) is 0.545. The maximum atomic E-state index is 13.5.